The van der Waals surface area contributed by atoms with Gasteiger partial charge in [-0.25, -0.2) is 4.39 Å². The second kappa shape index (κ2) is 5.76. The van der Waals surface area contributed by atoms with Crippen LogP contribution < -0.4 is 5.32 Å². The normalized spacial score (nSPS) is 20.0. The molecular weight excluding hydrogens is 269 g/mol. The van der Waals surface area contributed by atoms with Crippen molar-refractivity contribution in [1.82, 2.24) is 5.32 Å². The summed E-state index contributed by atoms with van der Waals surface area (Å²) in [5, 5.41) is 13.3. The highest BCUT2D eigenvalue weighted by Gasteiger charge is 2.36. The Bertz CT molecular complexity index is 530. The molecular formula is C17H24FNO2. The first-order chi connectivity index (χ1) is 9.71. The molecule has 1 aromatic rings. The van der Waals surface area contributed by atoms with E-state index in [1.165, 1.54) is 12.1 Å². The Hall–Kier alpha value is -1.42. The molecule has 1 saturated carbocycles. The molecule has 2 N–H and O–H groups in total. The van der Waals surface area contributed by atoms with Crippen LogP contribution in [0, 0.1) is 18.2 Å². The van der Waals surface area contributed by atoms with Gasteiger partial charge in [-0.1, -0.05) is 19.9 Å². The van der Waals surface area contributed by atoms with E-state index in [1.54, 1.807) is 13.0 Å². The Morgan fingerprint density at radius 2 is 1.90 bits per heavy atom. The van der Waals surface area contributed by atoms with E-state index in [2.05, 4.69) is 19.2 Å². The molecule has 2 rings (SSSR count). The third kappa shape index (κ3) is 4.03. The SMILES string of the molecule is Cc1ccc(F)cc1C(=O)NCC1(O)CCC(C)(C)CC1. The molecule has 21 heavy (non-hydrogen) atoms. The fraction of sp³-hybridized carbons (Fsp3) is 0.588. The summed E-state index contributed by atoms with van der Waals surface area (Å²) >= 11 is 0. The van der Waals surface area contributed by atoms with Crippen molar-refractivity contribution in [2.24, 2.45) is 5.41 Å². The lowest BCUT2D eigenvalue weighted by molar-refractivity contribution is -0.0233. The molecule has 0 spiro atoms. The number of aryl methyl sites for hydroxylation is 1. The zero-order valence-corrected chi connectivity index (χ0v) is 13.0. The third-order valence-electron chi connectivity index (χ3n) is 4.56. The smallest absolute Gasteiger partial charge is 0.251 e. The van der Waals surface area contributed by atoms with Crippen molar-refractivity contribution < 1.29 is 14.3 Å². The van der Waals surface area contributed by atoms with Crippen LogP contribution in [0.4, 0.5) is 4.39 Å². The van der Waals surface area contributed by atoms with Crippen molar-refractivity contribution in [1.29, 1.82) is 0 Å². The molecule has 1 fully saturated rings. The lowest BCUT2D eigenvalue weighted by Gasteiger charge is -2.40. The minimum Gasteiger partial charge on any atom is -0.388 e. The molecule has 0 radical (unpaired) electrons. The predicted octanol–water partition coefficient (Wildman–Crippen LogP) is 3.20. The molecule has 0 saturated heterocycles. The van der Waals surface area contributed by atoms with Gasteiger partial charge in [0, 0.05) is 12.1 Å². The van der Waals surface area contributed by atoms with Crippen LogP contribution in [0.3, 0.4) is 0 Å². The minimum atomic E-state index is -0.841. The van der Waals surface area contributed by atoms with E-state index in [-0.39, 0.29) is 17.9 Å². The van der Waals surface area contributed by atoms with Gasteiger partial charge in [0.15, 0.2) is 0 Å². The van der Waals surface area contributed by atoms with Crippen LogP contribution in [0.2, 0.25) is 0 Å². The molecule has 4 heteroatoms. The van der Waals surface area contributed by atoms with E-state index in [1.807, 2.05) is 0 Å². The third-order valence-corrected chi connectivity index (χ3v) is 4.56. The predicted molar refractivity (Wildman–Crippen MR) is 80.7 cm³/mol. The molecule has 116 valence electrons. The van der Waals surface area contributed by atoms with Crippen LogP contribution in [0.5, 0.6) is 0 Å². The molecule has 1 amide bonds. The van der Waals surface area contributed by atoms with Gasteiger partial charge in [-0.05, 0) is 55.7 Å². The fourth-order valence-corrected chi connectivity index (χ4v) is 2.75. The summed E-state index contributed by atoms with van der Waals surface area (Å²) in [6.07, 6.45) is 3.25. The highest BCUT2D eigenvalue weighted by Crippen LogP contribution is 2.39. The number of rotatable bonds is 3. The number of carbonyl (C=O) groups is 1. The molecule has 0 atom stereocenters. The van der Waals surface area contributed by atoms with Crippen LogP contribution in [0.25, 0.3) is 0 Å². The highest BCUT2D eigenvalue weighted by molar-refractivity contribution is 5.95. The molecule has 0 heterocycles. The first kappa shape index (κ1) is 16.0. The molecule has 1 aliphatic rings. The summed E-state index contributed by atoms with van der Waals surface area (Å²) in [5.74, 6) is -0.755. The van der Waals surface area contributed by atoms with Crippen molar-refractivity contribution in [2.75, 3.05) is 6.54 Å². The van der Waals surface area contributed by atoms with Gasteiger partial charge in [0.2, 0.25) is 0 Å². The minimum absolute atomic E-state index is 0.220. The zero-order valence-electron chi connectivity index (χ0n) is 13.0. The van der Waals surface area contributed by atoms with Gasteiger partial charge in [-0.2, -0.15) is 0 Å². The molecule has 0 unspecified atom stereocenters. The van der Waals surface area contributed by atoms with Gasteiger partial charge in [0.05, 0.1) is 5.60 Å². The van der Waals surface area contributed by atoms with E-state index in [4.69, 9.17) is 0 Å². The van der Waals surface area contributed by atoms with Gasteiger partial charge in [-0.15, -0.1) is 0 Å². The second-order valence-electron chi connectivity index (χ2n) is 7.03. The molecule has 3 nitrogen and oxygen atoms in total. The molecule has 1 aliphatic carbocycles. The highest BCUT2D eigenvalue weighted by atomic mass is 19.1. The summed E-state index contributed by atoms with van der Waals surface area (Å²) in [6.45, 7) is 6.38. The molecule has 1 aromatic carbocycles. The molecule has 0 aliphatic heterocycles. The van der Waals surface area contributed by atoms with Crippen LogP contribution in [-0.4, -0.2) is 23.2 Å². The quantitative estimate of drug-likeness (QED) is 0.899. The van der Waals surface area contributed by atoms with Crippen molar-refractivity contribution in [3.63, 3.8) is 0 Å². The molecule has 0 bridgehead atoms. The number of hydrogen-bond acceptors (Lipinski definition) is 2. The number of aliphatic hydroxyl groups is 1. The van der Waals surface area contributed by atoms with Gasteiger partial charge in [0.25, 0.3) is 5.91 Å². The summed E-state index contributed by atoms with van der Waals surface area (Å²) in [6, 6.07) is 4.16. The number of benzene rings is 1. The van der Waals surface area contributed by atoms with E-state index in [0.29, 0.717) is 18.4 Å². The van der Waals surface area contributed by atoms with E-state index in [0.717, 1.165) is 18.4 Å². The van der Waals surface area contributed by atoms with E-state index >= 15 is 0 Å². The Kier molecular flexibility index (Phi) is 4.38. The maximum Gasteiger partial charge on any atom is 0.251 e. The van der Waals surface area contributed by atoms with Gasteiger partial charge in [-0.3, -0.25) is 4.79 Å². The number of carbonyl (C=O) groups excluding carboxylic acids is 1. The maximum absolute atomic E-state index is 13.2. The average molecular weight is 293 g/mol. The first-order valence-electron chi connectivity index (χ1n) is 7.48. The summed E-state index contributed by atoms with van der Waals surface area (Å²) < 4.78 is 13.2. The number of halogens is 1. The first-order valence-corrected chi connectivity index (χ1v) is 7.48. The lowest BCUT2D eigenvalue weighted by atomic mass is 9.71. The van der Waals surface area contributed by atoms with Crippen LogP contribution in [0.15, 0.2) is 18.2 Å². The topological polar surface area (TPSA) is 49.3 Å². The average Bonchev–Trinajstić information content (AvgIpc) is 2.43. The zero-order chi connectivity index (χ0) is 15.7. The van der Waals surface area contributed by atoms with Crippen LogP contribution in [0.1, 0.15) is 55.5 Å². The fourth-order valence-electron chi connectivity index (χ4n) is 2.75. The summed E-state index contributed by atoms with van der Waals surface area (Å²) in [7, 11) is 0. The van der Waals surface area contributed by atoms with Crippen molar-refractivity contribution in [3.05, 3.63) is 35.1 Å². The monoisotopic (exact) mass is 293 g/mol. The largest absolute Gasteiger partial charge is 0.388 e. The van der Waals surface area contributed by atoms with E-state index < -0.39 is 11.4 Å². The van der Waals surface area contributed by atoms with Crippen molar-refractivity contribution in [2.45, 2.75) is 52.1 Å². The summed E-state index contributed by atoms with van der Waals surface area (Å²) in [5.41, 5.74) is 0.474. The summed E-state index contributed by atoms with van der Waals surface area (Å²) in [4.78, 5) is 12.1. The standard InChI is InChI=1S/C17H24FNO2/c1-12-4-5-13(18)10-14(12)15(20)19-11-17(21)8-6-16(2,3)7-9-17/h4-5,10,21H,6-9,11H2,1-3H3,(H,19,20). The Labute approximate surface area is 125 Å². The Morgan fingerprint density at radius 1 is 1.29 bits per heavy atom. The lowest BCUT2D eigenvalue weighted by Crippen LogP contribution is -2.46. The van der Waals surface area contributed by atoms with Crippen LogP contribution in [-0.2, 0) is 0 Å². The number of hydrogen-bond donors (Lipinski definition) is 2. The number of nitrogens with one attached hydrogen (secondary N) is 1. The van der Waals surface area contributed by atoms with Gasteiger partial charge < -0.3 is 10.4 Å². The van der Waals surface area contributed by atoms with Crippen molar-refractivity contribution in [3.8, 4) is 0 Å². The Balaban J connectivity index is 1.97. The second-order valence-corrected chi connectivity index (χ2v) is 7.03. The van der Waals surface area contributed by atoms with Gasteiger partial charge >= 0.3 is 0 Å². The van der Waals surface area contributed by atoms with E-state index in [9.17, 15) is 14.3 Å². The van der Waals surface area contributed by atoms with Crippen molar-refractivity contribution >= 4 is 5.91 Å². The van der Waals surface area contributed by atoms with Crippen LogP contribution >= 0.6 is 0 Å². The van der Waals surface area contributed by atoms with Gasteiger partial charge in [0.1, 0.15) is 5.82 Å². The molecule has 0 aromatic heterocycles. The maximum atomic E-state index is 13.2. The number of amides is 1. The Morgan fingerprint density at radius 3 is 2.52 bits per heavy atom.